The van der Waals surface area contributed by atoms with Crippen LogP contribution in [0.3, 0.4) is 0 Å². The van der Waals surface area contributed by atoms with Crippen LogP contribution in [0.1, 0.15) is 43.2 Å². The van der Waals surface area contributed by atoms with Crippen molar-refractivity contribution in [2.75, 3.05) is 6.54 Å². The molecular weight excluding hydrogens is 238 g/mol. The van der Waals surface area contributed by atoms with Gasteiger partial charge in [0.1, 0.15) is 0 Å². The molecule has 0 amide bonds. The van der Waals surface area contributed by atoms with Crippen molar-refractivity contribution in [3.8, 4) is 0 Å². The average Bonchev–Trinajstić information content (AvgIpc) is 2.89. The summed E-state index contributed by atoms with van der Waals surface area (Å²) in [5.41, 5.74) is 2.03. The van der Waals surface area contributed by atoms with Gasteiger partial charge < -0.3 is 10.4 Å². The normalized spacial score (nSPS) is 15.8. The van der Waals surface area contributed by atoms with E-state index < -0.39 is 5.97 Å². The summed E-state index contributed by atoms with van der Waals surface area (Å²) in [6.07, 6.45) is 6.92. The Kier molecular flexibility index (Phi) is 5.40. The number of aliphatic carboxylic acids is 1. The summed E-state index contributed by atoms with van der Waals surface area (Å²) in [5.74, 6) is 0.139. The van der Waals surface area contributed by atoms with Gasteiger partial charge in [0, 0.05) is 6.54 Å². The van der Waals surface area contributed by atoms with E-state index in [0.717, 1.165) is 30.1 Å². The first-order valence-corrected chi connectivity index (χ1v) is 7.25. The lowest BCUT2D eigenvalue weighted by molar-refractivity contribution is -0.136. The second-order valence-corrected chi connectivity index (χ2v) is 5.46. The quantitative estimate of drug-likeness (QED) is 0.742. The zero-order chi connectivity index (χ0) is 13.5. The molecule has 0 radical (unpaired) electrons. The second-order valence-electron chi connectivity index (χ2n) is 5.46. The van der Waals surface area contributed by atoms with Gasteiger partial charge >= 0.3 is 5.97 Å². The highest BCUT2D eigenvalue weighted by Gasteiger charge is 2.14. The molecule has 2 N–H and O–H groups in total. The van der Waals surface area contributed by atoms with Gasteiger partial charge in [-0.2, -0.15) is 0 Å². The maximum atomic E-state index is 10.8. The number of carboxylic acid groups (broad SMARTS) is 1. The second kappa shape index (κ2) is 7.29. The van der Waals surface area contributed by atoms with Crippen molar-refractivity contribution in [3.05, 3.63) is 35.4 Å². The van der Waals surface area contributed by atoms with E-state index in [4.69, 9.17) is 5.11 Å². The highest BCUT2D eigenvalue weighted by Crippen LogP contribution is 2.26. The molecule has 104 valence electrons. The van der Waals surface area contributed by atoms with Gasteiger partial charge in [0.05, 0.1) is 6.42 Å². The van der Waals surface area contributed by atoms with Crippen LogP contribution in [0.15, 0.2) is 24.3 Å². The topological polar surface area (TPSA) is 49.3 Å². The maximum Gasteiger partial charge on any atom is 0.307 e. The summed E-state index contributed by atoms with van der Waals surface area (Å²) in [5, 5.41) is 12.3. The van der Waals surface area contributed by atoms with Gasteiger partial charge in [-0.1, -0.05) is 49.9 Å². The minimum absolute atomic E-state index is 0.112. The highest BCUT2D eigenvalue weighted by molar-refractivity contribution is 5.70. The number of hydrogen-bond acceptors (Lipinski definition) is 2. The van der Waals surface area contributed by atoms with Crippen LogP contribution in [-0.4, -0.2) is 17.6 Å². The molecule has 1 aliphatic rings. The molecule has 0 aliphatic heterocycles. The van der Waals surface area contributed by atoms with Gasteiger partial charge in [-0.05, 0) is 30.0 Å². The van der Waals surface area contributed by atoms with E-state index in [-0.39, 0.29) is 6.42 Å². The summed E-state index contributed by atoms with van der Waals surface area (Å²) in [6.45, 7) is 1.81. The summed E-state index contributed by atoms with van der Waals surface area (Å²) < 4.78 is 0. The van der Waals surface area contributed by atoms with Gasteiger partial charge in [-0.15, -0.1) is 0 Å². The molecular formula is C16H23NO2. The molecule has 0 unspecified atom stereocenters. The first kappa shape index (κ1) is 14.1. The Bertz CT molecular complexity index is 411. The first-order valence-electron chi connectivity index (χ1n) is 7.25. The molecule has 1 aromatic rings. The lowest BCUT2D eigenvalue weighted by atomic mass is 10.0. The fourth-order valence-corrected chi connectivity index (χ4v) is 2.89. The summed E-state index contributed by atoms with van der Waals surface area (Å²) in [4.78, 5) is 10.8. The predicted octanol–water partition coefficient (Wildman–Crippen LogP) is 2.98. The molecule has 0 saturated heterocycles. The van der Waals surface area contributed by atoms with Crippen LogP contribution in [0, 0.1) is 5.92 Å². The Morgan fingerprint density at radius 3 is 2.58 bits per heavy atom. The lowest BCUT2D eigenvalue weighted by Gasteiger charge is -2.11. The molecule has 3 heteroatoms. The first-order chi connectivity index (χ1) is 9.25. The van der Waals surface area contributed by atoms with Crippen LogP contribution in [0.2, 0.25) is 0 Å². The molecule has 0 aromatic heterocycles. The van der Waals surface area contributed by atoms with Crippen LogP contribution >= 0.6 is 0 Å². The van der Waals surface area contributed by atoms with Crippen LogP contribution in [0.4, 0.5) is 0 Å². The third-order valence-corrected chi connectivity index (χ3v) is 3.98. The number of benzene rings is 1. The van der Waals surface area contributed by atoms with Crippen LogP contribution < -0.4 is 5.32 Å². The summed E-state index contributed by atoms with van der Waals surface area (Å²) >= 11 is 0. The van der Waals surface area contributed by atoms with Gasteiger partial charge in [0.25, 0.3) is 0 Å². The minimum Gasteiger partial charge on any atom is -0.481 e. The third kappa shape index (κ3) is 4.67. The lowest BCUT2D eigenvalue weighted by Crippen LogP contribution is -2.18. The van der Waals surface area contributed by atoms with Crippen molar-refractivity contribution in [2.24, 2.45) is 5.92 Å². The number of nitrogens with one attached hydrogen (secondary N) is 1. The van der Waals surface area contributed by atoms with Crippen LogP contribution in [0.5, 0.6) is 0 Å². The van der Waals surface area contributed by atoms with Crippen molar-refractivity contribution in [2.45, 2.75) is 45.1 Å². The Morgan fingerprint density at radius 2 is 1.89 bits per heavy atom. The zero-order valence-corrected chi connectivity index (χ0v) is 11.4. The maximum absolute atomic E-state index is 10.8. The third-order valence-electron chi connectivity index (χ3n) is 3.98. The van der Waals surface area contributed by atoms with Crippen molar-refractivity contribution >= 4 is 5.97 Å². The van der Waals surface area contributed by atoms with E-state index in [1.54, 1.807) is 0 Å². The van der Waals surface area contributed by atoms with Gasteiger partial charge in [-0.3, -0.25) is 4.79 Å². The van der Waals surface area contributed by atoms with E-state index >= 15 is 0 Å². The van der Waals surface area contributed by atoms with E-state index in [1.165, 1.54) is 32.1 Å². The number of carboxylic acids is 1. The fraction of sp³-hybridized carbons (Fsp3) is 0.562. The minimum atomic E-state index is -0.765. The molecule has 19 heavy (non-hydrogen) atoms. The van der Waals surface area contributed by atoms with Crippen molar-refractivity contribution in [1.82, 2.24) is 5.32 Å². The summed E-state index contributed by atoms with van der Waals surface area (Å²) in [7, 11) is 0. The Morgan fingerprint density at radius 1 is 1.21 bits per heavy atom. The van der Waals surface area contributed by atoms with Crippen LogP contribution in [-0.2, 0) is 17.8 Å². The van der Waals surface area contributed by atoms with E-state index in [9.17, 15) is 4.79 Å². The molecule has 1 saturated carbocycles. The Labute approximate surface area is 115 Å². The number of hydrogen-bond donors (Lipinski definition) is 2. The number of carbonyl (C=O) groups is 1. The molecule has 1 aliphatic carbocycles. The largest absolute Gasteiger partial charge is 0.481 e. The monoisotopic (exact) mass is 261 g/mol. The molecule has 0 atom stereocenters. The van der Waals surface area contributed by atoms with Gasteiger partial charge in [-0.25, -0.2) is 0 Å². The predicted molar refractivity (Wildman–Crippen MR) is 76.1 cm³/mol. The van der Waals surface area contributed by atoms with E-state index in [1.807, 2.05) is 24.3 Å². The molecule has 3 nitrogen and oxygen atoms in total. The zero-order valence-electron chi connectivity index (χ0n) is 11.4. The highest BCUT2D eigenvalue weighted by atomic mass is 16.4. The Hall–Kier alpha value is -1.35. The Balaban J connectivity index is 1.76. The van der Waals surface area contributed by atoms with Crippen LogP contribution in [0.25, 0.3) is 0 Å². The molecule has 0 spiro atoms. The van der Waals surface area contributed by atoms with Crippen molar-refractivity contribution in [3.63, 3.8) is 0 Å². The molecule has 1 fully saturated rings. The van der Waals surface area contributed by atoms with Crippen molar-refractivity contribution < 1.29 is 9.90 Å². The molecule has 0 bridgehead atoms. The SMILES string of the molecule is O=C(O)Cc1ccccc1CNCCC1CCCC1. The van der Waals surface area contributed by atoms with E-state index in [0.29, 0.717) is 0 Å². The van der Waals surface area contributed by atoms with Gasteiger partial charge in [0.15, 0.2) is 0 Å². The molecule has 1 aromatic carbocycles. The standard InChI is InChI=1S/C16H23NO2/c18-16(19)11-14-7-3-4-8-15(14)12-17-10-9-13-5-1-2-6-13/h3-4,7-8,13,17H,1-2,5-6,9-12H2,(H,18,19). The average molecular weight is 261 g/mol. The fourth-order valence-electron chi connectivity index (χ4n) is 2.89. The van der Waals surface area contributed by atoms with Crippen molar-refractivity contribution in [1.29, 1.82) is 0 Å². The van der Waals surface area contributed by atoms with Gasteiger partial charge in [0.2, 0.25) is 0 Å². The molecule has 2 rings (SSSR count). The summed E-state index contributed by atoms with van der Waals surface area (Å²) in [6, 6.07) is 7.79. The molecule has 0 heterocycles. The number of rotatable bonds is 7. The van der Waals surface area contributed by atoms with E-state index in [2.05, 4.69) is 5.32 Å². The smallest absolute Gasteiger partial charge is 0.307 e.